The topological polar surface area (TPSA) is 66.4 Å². The van der Waals surface area contributed by atoms with Crippen LogP contribution in [0.4, 0.5) is 0 Å². The number of carbonyl (C=O) groups excluding carboxylic acids is 1. The molecule has 108 valence electrons. The number of amides is 1. The summed E-state index contributed by atoms with van der Waals surface area (Å²) in [6.07, 6.45) is 3.17. The van der Waals surface area contributed by atoms with Gasteiger partial charge in [-0.3, -0.25) is 9.59 Å². The van der Waals surface area contributed by atoms with Gasteiger partial charge in [0.2, 0.25) is 5.91 Å². The lowest BCUT2D eigenvalue weighted by Gasteiger charge is -2.32. The number of hydrogen-bond acceptors (Lipinski definition) is 2. The van der Waals surface area contributed by atoms with Crippen LogP contribution in [0.2, 0.25) is 0 Å². The van der Waals surface area contributed by atoms with Gasteiger partial charge in [-0.05, 0) is 36.5 Å². The Hall–Kier alpha value is -1.06. The molecule has 0 bridgehead atoms. The Morgan fingerprint density at radius 1 is 1.11 bits per heavy atom. The van der Waals surface area contributed by atoms with Crippen LogP contribution in [-0.4, -0.2) is 23.0 Å². The van der Waals surface area contributed by atoms with Crippen molar-refractivity contribution in [1.82, 2.24) is 5.32 Å². The van der Waals surface area contributed by atoms with Gasteiger partial charge in [-0.1, -0.05) is 27.7 Å². The van der Waals surface area contributed by atoms with Crippen molar-refractivity contribution < 1.29 is 14.7 Å². The molecule has 0 aromatic heterocycles. The first-order chi connectivity index (χ1) is 8.75. The second-order valence-corrected chi connectivity index (χ2v) is 7.09. The molecule has 1 amide bonds. The molecule has 19 heavy (non-hydrogen) atoms. The van der Waals surface area contributed by atoms with E-state index in [-0.39, 0.29) is 17.9 Å². The molecule has 2 fully saturated rings. The maximum atomic E-state index is 12.2. The van der Waals surface area contributed by atoms with Gasteiger partial charge in [0.15, 0.2) is 0 Å². The van der Waals surface area contributed by atoms with E-state index in [1.165, 1.54) is 0 Å². The predicted octanol–water partition coefficient (Wildman–Crippen LogP) is 2.28. The van der Waals surface area contributed by atoms with E-state index in [2.05, 4.69) is 19.2 Å². The van der Waals surface area contributed by atoms with E-state index in [4.69, 9.17) is 5.11 Å². The molecule has 2 N–H and O–H groups in total. The Labute approximate surface area is 115 Å². The van der Waals surface area contributed by atoms with Gasteiger partial charge in [0.05, 0.1) is 11.8 Å². The highest BCUT2D eigenvalue weighted by atomic mass is 16.4. The van der Waals surface area contributed by atoms with Gasteiger partial charge < -0.3 is 10.4 Å². The van der Waals surface area contributed by atoms with Crippen molar-refractivity contribution >= 4 is 11.9 Å². The summed E-state index contributed by atoms with van der Waals surface area (Å²) in [6, 6.07) is 0.226. The molecule has 2 aliphatic rings. The largest absolute Gasteiger partial charge is 0.481 e. The van der Waals surface area contributed by atoms with E-state index in [0.717, 1.165) is 25.2 Å². The van der Waals surface area contributed by atoms with Crippen LogP contribution >= 0.6 is 0 Å². The fourth-order valence-corrected chi connectivity index (χ4v) is 3.56. The van der Waals surface area contributed by atoms with Crippen molar-refractivity contribution in [2.24, 2.45) is 29.1 Å². The zero-order valence-electron chi connectivity index (χ0n) is 12.3. The van der Waals surface area contributed by atoms with Gasteiger partial charge in [-0.25, -0.2) is 0 Å². The number of carboxylic acid groups (broad SMARTS) is 1. The first-order valence-corrected chi connectivity index (χ1v) is 7.28. The molecule has 0 aromatic carbocycles. The average Bonchev–Trinajstić information content (AvgIpc) is 2.87. The maximum absolute atomic E-state index is 12.2. The van der Waals surface area contributed by atoms with E-state index in [1.54, 1.807) is 0 Å². The SMILES string of the molecule is CC1CCC(NC(=O)[C@H]2[C@@H](C(=O)O)C2(C)C)CC1C. The van der Waals surface area contributed by atoms with Crippen molar-refractivity contribution in [3.63, 3.8) is 0 Å². The summed E-state index contributed by atoms with van der Waals surface area (Å²) >= 11 is 0. The van der Waals surface area contributed by atoms with Crippen LogP contribution in [0, 0.1) is 29.1 Å². The van der Waals surface area contributed by atoms with Gasteiger partial charge in [-0.2, -0.15) is 0 Å². The molecule has 0 spiro atoms. The lowest BCUT2D eigenvalue weighted by molar-refractivity contribution is -0.140. The van der Waals surface area contributed by atoms with Crippen LogP contribution in [0.5, 0.6) is 0 Å². The Balaban J connectivity index is 1.91. The zero-order chi connectivity index (χ0) is 14.4. The summed E-state index contributed by atoms with van der Waals surface area (Å²) in [5, 5.41) is 12.2. The average molecular weight is 267 g/mol. The van der Waals surface area contributed by atoms with Gasteiger partial charge in [-0.15, -0.1) is 0 Å². The third-order valence-electron chi connectivity index (χ3n) is 5.32. The molecule has 0 saturated heterocycles. The molecule has 2 saturated carbocycles. The smallest absolute Gasteiger partial charge is 0.307 e. The molecule has 0 aliphatic heterocycles. The van der Waals surface area contributed by atoms with E-state index >= 15 is 0 Å². The summed E-state index contributed by atoms with van der Waals surface area (Å²) in [5.74, 6) is -0.453. The number of carboxylic acids is 1. The van der Waals surface area contributed by atoms with Gasteiger partial charge >= 0.3 is 5.97 Å². The van der Waals surface area contributed by atoms with Crippen LogP contribution in [0.15, 0.2) is 0 Å². The molecule has 4 nitrogen and oxygen atoms in total. The third kappa shape index (κ3) is 2.63. The fraction of sp³-hybridized carbons (Fsp3) is 0.867. The maximum Gasteiger partial charge on any atom is 0.307 e. The number of aliphatic carboxylic acids is 1. The molecule has 4 heteroatoms. The predicted molar refractivity (Wildman–Crippen MR) is 72.5 cm³/mol. The number of nitrogens with one attached hydrogen (secondary N) is 1. The first-order valence-electron chi connectivity index (χ1n) is 7.28. The highest BCUT2D eigenvalue weighted by molar-refractivity contribution is 5.91. The summed E-state index contributed by atoms with van der Waals surface area (Å²) in [5.41, 5.74) is -0.399. The van der Waals surface area contributed by atoms with E-state index in [9.17, 15) is 9.59 Å². The zero-order valence-corrected chi connectivity index (χ0v) is 12.3. The highest BCUT2D eigenvalue weighted by Crippen LogP contribution is 2.58. The van der Waals surface area contributed by atoms with Crippen LogP contribution in [0.25, 0.3) is 0 Å². The van der Waals surface area contributed by atoms with Crippen molar-refractivity contribution in [1.29, 1.82) is 0 Å². The summed E-state index contributed by atoms with van der Waals surface area (Å²) in [4.78, 5) is 23.3. The standard InChI is InChI=1S/C15H25NO3/c1-8-5-6-10(7-9(8)2)16-13(17)11-12(14(18)19)15(11,3)4/h8-12H,5-7H2,1-4H3,(H,16,17)(H,18,19)/t8?,9?,10?,11-,12+/m1/s1. The van der Waals surface area contributed by atoms with Crippen molar-refractivity contribution in [3.05, 3.63) is 0 Å². The lowest BCUT2D eigenvalue weighted by atomic mass is 9.79. The van der Waals surface area contributed by atoms with Crippen molar-refractivity contribution in [3.8, 4) is 0 Å². The van der Waals surface area contributed by atoms with Crippen LogP contribution in [-0.2, 0) is 9.59 Å². The van der Waals surface area contributed by atoms with Crippen molar-refractivity contribution in [2.75, 3.05) is 0 Å². The molecular weight excluding hydrogens is 242 g/mol. The third-order valence-corrected chi connectivity index (χ3v) is 5.32. The van der Waals surface area contributed by atoms with E-state index in [0.29, 0.717) is 5.92 Å². The minimum Gasteiger partial charge on any atom is -0.481 e. The van der Waals surface area contributed by atoms with Gasteiger partial charge in [0, 0.05) is 6.04 Å². The van der Waals surface area contributed by atoms with Crippen molar-refractivity contribution in [2.45, 2.75) is 53.0 Å². The quantitative estimate of drug-likeness (QED) is 0.824. The van der Waals surface area contributed by atoms with Gasteiger partial charge in [0.1, 0.15) is 0 Å². The Morgan fingerprint density at radius 3 is 2.21 bits per heavy atom. The number of rotatable bonds is 3. The highest BCUT2D eigenvalue weighted by Gasteiger charge is 2.66. The van der Waals surface area contributed by atoms with Crippen LogP contribution in [0.3, 0.4) is 0 Å². The molecule has 2 rings (SSSR count). The molecule has 5 atom stereocenters. The van der Waals surface area contributed by atoms with Crippen LogP contribution in [0.1, 0.15) is 47.0 Å². The van der Waals surface area contributed by atoms with Crippen LogP contribution < -0.4 is 5.32 Å². The summed E-state index contributed by atoms with van der Waals surface area (Å²) in [6.45, 7) is 8.21. The first kappa shape index (κ1) is 14.4. The molecule has 0 radical (unpaired) electrons. The normalized spacial score (nSPS) is 40.5. The van der Waals surface area contributed by atoms with E-state index < -0.39 is 17.3 Å². The second kappa shape index (κ2) is 4.80. The Kier molecular flexibility index (Phi) is 3.63. The fourth-order valence-electron chi connectivity index (χ4n) is 3.56. The molecule has 2 aliphatic carbocycles. The lowest BCUT2D eigenvalue weighted by Crippen LogP contribution is -2.41. The summed E-state index contributed by atoms with van der Waals surface area (Å²) < 4.78 is 0. The molecule has 3 unspecified atom stereocenters. The monoisotopic (exact) mass is 267 g/mol. The summed E-state index contributed by atoms with van der Waals surface area (Å²) in [7, 11) is 0. The molecular formula is C15H25NO3. The number of hydrogen-bond donors (Lipinski definition) is 2. The molecule has 0 aromatic rings. The van der Waals surface area contributed by atoms with E-state index in [1.807, 2.05) is 13.8 Å². The Bertz CT molecular complexity index is 391. The van der Waals surface area contributed by atoms with Gasteiger partial charge in [0.25, 0.3) is 0 Å². The minimum atomic E-state index is -0.851. The second-order valence-electron chi connectivity index (χ2n) is 7.09. The number of carbonyl (C=O) groups is 2. The Morgan fingerprint density at radius 2 is 1.74 bits per heavy atom. The molecule has 0 heterocycles. The minimum absolute atomic E-state index is 0.0656.